The highest BCUT2D eigenvalue weighted by molar-refractivity contribution is 5.30. The van der Waals surface area contributed by atoms with E-state index >= 15 is 0 Å². The summed E-state index contributed by atoms with van der Waals surface area (Å²) in [5.74, 6) is 0.189. The molecule has 0 heterocycles. The Bertz CT molecular complexity index is 393. The fraction of sp³-hybridized carbons (Fsp3) is 0.538. The van der Waals surface area contributed by atoms with E-state index in [2.05, 4.69) is 0 Å². The quantitative estimate of drug-likeness (QED) is 0.820. The van der Waals surface area contributed by atoms with Crippen LogP contribution in [0.25, 0.3) is 0 Å². The van der Waals surface area contributed by atoms with Crippen molar-refractivity contribution in [3.8, 4) is 5.75 Å². The van der Waals surface area contributed by atoms with Gasteiger partial charge in [0.2, 0.25) is 0 Å². The number of rotatable bonds is 5. The number of hydrogen-bond donors (Lipinski definition) is 2. The Kier molecular flexibility index (Phi) is 3.64. The summed E-state index contributed by atoms with van der Waals surface area (Å²) in [6.45, 7) is 1.49. The summed E-state index contributed by atoms with van der Waals surface area (Å²) in [5, 5.41) is 9.27. The summed E-state index contributed by atoms with van der Waals surface area (Å²) >= 11 is 0. The minimum Gasteiger partial charge on any atom is -0.483 e. The number of aliphatic hydroxyl groups is 1. The SMILES string of the molecule is Cc1cccc(OC(CO)C(N)C2CC2)c1F. The van der Waals surface area contributed by atoms with Crippen LogP contribution in [0.5, 0.6) is 5.75 Å². The second kappa shape index (κ2) is 5.02. The van der Waals surface area contributed by atoms with Crippen LogP contribution in [0, 0.1) is 18.7 Å². The van der Waals surface area contributed by atoms with Gasteiger partial charge in [0.15, 0.2) is 11.6 Å². The monoisotopic (exact) mass is 239 g/mol. The Morgan fingerprint density at radius 1 is 1.53 bits per heavy atom. The zero-order valence-electron chi connectivity index (χ0n) is 9.90. The van der Waals surface area contributed by atoms with Crippen LogP contribution in [-0.4, -0.2) is 23.9 Å². The Morgan fingerprint density at radius 2 is 2.24 bits per heavy atom. The molecule has 1 aliphatic rings. The number of hydrogen-bond acceptors (Lipinski definition) is 3. The van der Waals surface area contributed by atoms with Crippen molar-refractivity contribution in [1.82, 2.24) is 0 Å². The molecule has 0 bridgehead atoms. The molecule has 0 saturated heterocycles. The summed E-state index contributed by atoms with van der Waals surface area (Å²) in [6, 6.07) is 4.74. The van der Waals surface area contributed by atoms with Gasteiger partial charge in [-0.2, -0.15) is 0 Å². The molecule has 1 saturated carbocycles. The van der Waals surface area contributed by atoms with Crippen molar-refractivity contribution < 1.29 is 14.2 Å². The predicted molar refractivity (Wildman–Crippen MR) is 63.3 cm³/mol. The van der Waals surface area contributed by atoms with Crippen molar-refractivity contribution in [2.24, 2.45) is 11.7 Å². The molecule has 0 amide bonds. The minimum atomic E-state index is -0.529. The molecule has 2 atom stereocenters. The summed E-state index contributed by atoms with van der Waals surface area (Å²) in [6.07, 6.45) is 1.60. The molecular formula is C13H18FNO2. The summed E-state index contributed by atoms with van der Waals surface area (Å²) in [4.78, 5) is 0. The molecule has 4 heteroatoms. The summed E-state index contributed by atoms with van der Waals surface area (Å²) in [7, 11) is 0. The average Bonchev–Trinajstić information content (AvgIpc) is 3.14. The number of ether oxygens (including phenoxy) is 1. The van der Waals surface area contributed by atoms with E-state index in [0.29, 0.717) is 11.5 Å². The van der Waals surface area contributed by atoms with Crippen molar-refractivity contribution in [2.75, 3.05) is 6.61 Å². The molecule has 1 aliphatic carbocycles. The van der Waals surface area contributed by atoms with E-state index in [9.17, 15) is 9.50 Å². The van der Waals surface area contributed by atoms with Gasteiger partial charge in [0.05, 0.1) is 6.61 Å². The lowest BCUT2D eigenvalue weighted by atomic mass is 10.1. The zero-order valence-corrected chi connectivity index (χ0v) is 9.90. The van der Waals surface area contributed by atoms with E-state index in [-0.39, 0.29) is 24.2 Å². The second-order valence-corrected chi connectivity index (χ2v) is 4.64. The van der Waals surface area contributed by atoms with Crippen molar-refractivity contribution >= 4 is 0 Å². The molecule has 2 rings (SSSR count). The zero-order chi connectivity index (χ0) is 12.4. The predicted octanol–water partition coefficient (Wildman–Crippen LogP) is 1.61. The van der Waals surface area contributed by atoms with Gasteiger partial charge in [0.25, 0.3) is 0 Å². The summed E-state index contributed by atoms with van der Waals surface area (Å²) in [5.41, 5.74) is 6.49. The van der Waals surface area contributed by atoms with Gasteiger partial charge in [0, 0.05) is 6.04 Å². The number of aryl methyl sites for hydroxylation is 1. The van der Waals surface area contributed by atoms with Crippen molar-refractivity contribution in [3.05, 3.63) is 29.6 Å². The van der Waals surface area contributed by atoms with Crippen LogP contribution in [-0.2, 0) is 0 Å². The molecule has 1 aromatic carbocycles. The third-order valence-electron chi connectivity index (χ3n) is 3.21. The second-order valence-electron chi connectivity index (χ2n) is 4.64. The first-order valence-corrected chi connectivity index (χ1v) is 5.91. The van der Waals surface area contributed by atoms with Gasteiger partial charge >= 0.3 is 0 Å². The molecule has 17 heavy (non-hydrogen) atoms. The first-order chi connectivity index (χ1) is 8.13. The third kappa shape index (κ3) is 2.76. The molecule has 1 aromatic rings. The molecule has 0 aliphatic heterocycles. The van der Waals surface area contributed by atoms with Crippen molar-refractivity contribution in [3.63, 3.8) is 0 Å². The highest BCUT2D eigenvalue weighted by atomic mass is 19.1. The number of benzene rings is 1. The lowest BCUT2D eigenvalue weighted by molar-refractivity contribution is 0.0846. The average molecular weight is 239 g/mol. The van der Waals surface area contributed by atoms with Gasteiger partial charge in [-0.1, -0.05) is 12.1 Å². The molecule has 1 fully saturated rings. The van der Waals surface area contributed by atoms with E-state index in [1.54, 1.807) is 25.1 Å². The summed E-state index contributed by atoms with van der Waals surface area (Å²) < 4.78 is 19.2. The van der Waals surface area contributed by atoms with Crippen LogP contribution in [0.3, 0.4) is 0 Å². The van der Waals surface area contributed by atoms with Crippen LogP contribution in [0.2, 0.25) is 0 Å². The first-order valence-electron chi connectivity index (χ1n) is 5.91. The van der Waals surface area contributed by atoms with Crippen LogP contribution < -0.4 is 10.5 Å². The molecule has 94 valence electrons. The smallest absolute Gasteiger partial charge is 0.167 e. The van der Waals surface area contributed by atoms with Crippen LogP contribution >= 0.6 is 0 Å². The number of aliphatic hydroxyl groups excluding tert-OH is 1. The molecule has 0 spiro atoms. The van der Waals surface area contributed by atoms with Crippen LogP contribution in [0.4, 0.5) is 4.39 Å². The normalized spacial score (nSPS) is 18.8. The fourth-order valence-corrected chi connectivity index (χ4v) is 1.90. The maximum absolute atomic E-state index is 13.7. The maximum Gasteiger partial charge on any atom is 0.167 e. The Hall–Kier alpha value is -1.13. The van der Waals surface area contributed by atoms with Gasteiger partial charge in [-0.05, 0) is 37.3 Å². The maximum atomic E-state index is 13.7. The fourth-order valence-electron chi connectivity index (χ4n) is 1.90. The molecule has 3 N–H and O–H groups in total. The number of halogens is 1. The lowest BCUT2D eigenvalue weighted by Crippen LogP contribution is -2.43. The lowest BCUT2D eigenvalue weighted by Gasteiger charge is -2.23. The van der Waals surface area contributed by atoms with E-state index in [4.69, 9.17) is 10.5 Å². The largest absolute Gasteiger partial charge is 0.483 e. The number of nitrogens with two attached hydrogens (primary N) is 1. The van der Waals surface area contributed by atoms with Crippen LogP contribution in [0.15, 0.2) is 18.2 Å². The van der Waals surface area contributed by atoms with Crippen molar-refractivity contribution in [2.45, 2.75) is 31.9 Å². The van der Waals surface area contributed by atoms with Gasteiger partial charge in [0.1, 0.15) is 6.10 Å². The highest BCUT2D eigenvalue weighted by Crippen LogP contribution is 2.34. The van der Waals surface area contributed by atoms with Crippen molar-refractivity contribution in [1.29, 1.82) is 0 Å². The van der Waals surface area contributed by atoms with E-state index in [1.165, 1.54) is 0 Å². The minimum absolute atomic E-state index is 0.167. The van der Waals surface area contributed by atoms with E-state index < -0.39 is 6.10 Å². The molecule has 2 unspecified atom stereocenters. The Labute approximate surface area is 100 Å². The standard InChI is InChI=1S/C13H18FNO2/c1-8-3-2-4-10(12(8)14)17-11(7-16)13(15)9-5-6-9/h2-4,9,11,13,16H,5-7,15H2,1H3. The molecule has 0 aromatic heterocycles. The molecular weight excluding hydrogens is 221 g/mol. The molecule has 0 radical (unpaired) electrons. The van der Waals surface area contributed by atoms with Gasteiger partial charge in [-0.15, -0.1) is 0 Å². The van der Waals surface area contributed by atoms with E-state index in [1.807, 2.05) is 0 Å². The van der Waals surface area contributed by atoms with Gasteiger partial charge in [-0.3, -0.25) is 0 Å². The topological polar surface area (TPSA) is 55.5 Å². The highest BCUT2D eigenvalue weighted by Gasteiger charge is 2.35. The Morgan fingerprint density at radius 3 is 2.82 bits per heavy atom. The van der Waals surface area contributed by atoms with Crippen LogP contribution in [0.1, 0.15) is 18.4 Å². The third-order valence-corrected chi connectivity index (χ3v) is 3.21. The first kappa shape index (κ1) is 12.3. The van der Waals surface area contributed by atoms with Gasteiger partial charge < -0.3 is 15.6 Å². The van der Waals surface area contributed by atoms with Gasteiger partial charge in [-0.25, -0.2) is 4.39 Å². The van der Waals surface area contributed by atoms with E-state index in [0.717, 1.165) is 12.8 Å². The Balaban J connectivity index is 2.09. The molecule has 3 nitrogen and oxygen atoms in total.